The number of anilines is 4. The Kier molecular flexibility index (Phi) is 2.78. The Balaban J connectivity index is 2.38. The Morgan fingerprint density at radius 1 is 0.765 bits per heavy atom. The largest absolute Gasteiger partial charge is 0.399 e. The van der Waals surface area contributed by atoms with Gasteiger partial charge in [-0.1, -0.05) is 12.1 Å². The van der Waals surface area contributed by atoms with Gasteiger partial charge in [0.2, 0.25) is 0 Å². The van der Waals surface area contributed by atoms with Crippen LogP contribution in [0.15, 0.2) is 36.4 Å². The molecule has 0 aromatic heterocycles. The third kappa shape index (κ3) is 2.25. The van der Waals surface area contributed by atoms with Crippen LogP contribution in [0.2, 0.25) is 0 Å². The van der Waals surface area contributed by atoms with Crippen LogP contribution in [0.5, 0.6) is 0 Å². The van der Waals surface area contributed by atoms with Crippen LogP contribution in [0.25, 0.3) is 0 Å². The van der Waals surface area contributed by atoms with Crippen molar-refractivity contribution in [1.82, 2.24) is 0 Å². The van der Waals surface area contributed by atoms with E-state index in [1.807, 2.05) is 30.3 Å². The standard InChI is InChI=1S/C13H16N4/c14-9-5-4-8(13(17)7-9)6-10-11(15)2-1-3-12(10)16/h1-5,7H,6,14-17H2. The first-order valence-corrected chi connectivity index (χ1v) is 5.34. The van der Waals surface area contributed by atoms with E-state index in [-0.39, 0.29) is 0 Å². The highest BCUT2D eigenvalue weighted by Crippen LogP contribution is 2.26. The van der Waals surface area contributed by atoms with Gasteiger partial charge in [-0.15, -0.1) is 0 Å². The van der Waals surface area contributed by atoms with Gasteiger partial charge < -0.3 is 22.9 Å². The van der Waals surface area contributed by atoms with E-state index in [9.17, 15) is 0 Å². The Hall–Kier alpha value is -2.36. The van der Waals surface area contributed by atoms with Crippen LogP contribution in [0, 0.1) is 0 Å². The van der Waals surface area contributed by atoms with Crippen molar-refractivity contribution in [2.75, 3.05) is 22.9 Å². The summed E-state index contributed by atoms with van der Waals surface area (Å²) in [5, 5.41) is 0. The van der Waals surface area contributed by atoms with Crippen molar-refractivity contribution in [1.29, 1.82) is 0 Å². The molecule has 0 atom stereocenters. The van der Waals surface area contributed by atoms with E-state index in [4.69, 9.17) is 22.9 Å². The first-order chi connectivity index (χ1) is 8.08. The molecule has 0 saturated heterocycles. The van der Waals surface area contributed by atoms with Crippen molar-refractivity contribution in [3.63, 3.8) is 0 Å². The molecule has 0 aliphatic rings. The molecule has 0 spiro atoms. The number of benzene rings is 2. The number of nitrogen functional groups attached to an aromatic ring is 4. The molecule has 4 heteroatoms. The monoisotopic (exact) mass is 228 g/mol. The van der Waals surface area contributed by atoms with Crippen LogP contribution in [0.4, 0.5) is 22.7 Å². The number of nitrogens with two attached hydrogens (primary N) is 4. The smallest absolute Gasteiger partial charge is 0.0370 e. The highest BCUT2D eigenvalue weighted by Gasteiger charge is 2.07. The van der Waals surface area contributed by atoms with Gasteiger partial charge in [-0.25, -0.2) is 0 Å². The maximum atomic E-state index is 5.91. The van der Waals surface area contributed by atoms with E-state index < -0.39 is 0 Å². The Morgan fingerprint density at radius 3 is 2.00 bits per heavy atom. The molecule has 8 N–H and O–H groups in total. The first kappa shape index (κ1) is 11.1. The lowest BCUT2D eigenvalue weighted by atomic mass is 10.00. The van der Waals surface area contributed by atoms with Gasteiger partial charge in [0.25, 0.3) is 0 Å². The number of hydrogen-bond donors (Lipinski definition) is 4. The zero-order valence-electron chi connectivity index (χ0n) is 9.48. The van der Waals surface area contributed by atoms with E-state index in [0.29, 0.717) is 29.2 Å². The fraction of sp³-hybridized carbons (Fsp3) is 0.0769. The van der Waals surface area contributed by atoms with Gasteiger partial charge in [0.15, 0.2) is 0 Å². The van der Waals surface area contributed by atoms with Crippen molar-refractivity contribution in [3.05, 3.63) is 47.5 Å². The summed E-state index contributed by atoms with van der Waals surface area (Å²) >= 11 is 0. The van der Waals surface area contributed by atoms with Gasteiger partial charge >= 0.3 is 0 Å². The number of rotatable bonds is 2. The second-order valence-electron chi connectivity index (χ2n) is 4.05. The molecule has 0 radical (unpaired) electrons. The third-order valence-corrected chi connectivity index (χ3v) is 2.79. The van der Waals surface area contributed by atoms with Gasteiger partial charge in [0, 0.05) is 34.7 Å². The van der Waals surface area contributed by atoms with Crippen LogP contribution < -0.4 is 22.9 Å². The molecule has 2 rings (SSSR count). The zero-order valence-corrected chi connectivity index (χ0v) is 9.48. The second-order valence-corrected chi connectivity index (χ2v) is 4.05. The van der Waals surface area contributed by atoms with Crippen molar-refractivity contribution in [2.24, 2.45) is 0 Å². The van der Waals surface area contributed by atoms with Gasteiger partial charge in [0.1, 0.15) is 0 Å². The van der Waals surface area contributed by atoms with Crippen LogP contribution in [-0.2, 0) is 6.42 Å². The van der Waals surface area contributed by atoms with E-state index in [1.54, 1.807) is 6.07 Å². The summed E-state index contributed by atoms with van der Waals surface area (Å²) in [5.74, 6) is 0. The molecule has 88 valence electrons. The number of hydrogen-bond acceptors (Lipinski definition) is 4. The molecule has 4 nitrogen and oxygen atoms in total. The van der Waals surface area contributed by atoms with E-state index >= 15 is 0 Å². The molecule has 2 aromatic rings. The minimum Gasteiger partial charge on any atom is -0.399 e. The topological polar surface area (TPSA) is 104 Å². The summed E-state index contributed by atoms with van der Waals surface area (Å²) in [5.41, 5.74) is 27.9. The predicted molar refractivity (Wildman–Crippen MR) is 73.3 cm³/mol. The Morgan fingerprint density at radius 2 is 1.41 bits per heavy atom. The summed E-state index contributed by atoms with van der Waals surface area (Å²) < 4.78 is 0. The van der Waals surface area contributed by atoms with Crippen LogP contribution in [0.3, 0.4) is 0 Å². The maximum Gasteiger partial charge on any atom is 0.0370 e. The van der Waals surface area contributed by atoms with Crippen LogP contribution in [0.1, 0.15) is 11.1 Å². The minimum atomic E-state index is 0.616. The maximum absolute atomic E-state index is 5.91. The van der Waals surface area contributed by atoms with Crippen molar-refractivity contribution in [2.45, 2.75) is 6.42 Å². The highest BCUT2D eigenvalue weighted by molar-refractivity contribution is 5.65. The van der Waals surface area contributed by atoms with E-state index in [1.165, 1.54) is 0 Å². The van der Waals surface area contributed by atoms with Gasteiger partial charge in [-0.2, -0.15) is 0 Å². The van der Waals surface area contributed by atoms with Crippen molar-refractivity contribution in [3.8, 4) is 0 Å². The molecule has 0 aliphatic heterocycles. The average molecular weight is 228 g/mol. The first-order valence-electron chi connectivity index (χ1n) is 5.34. The fourth-order valence-electron chi connectivity index (χ4n) is 1.79. The van der Waals surface area contributed by atoms with Crippen molar-refractivity contribution >= 4 is 22.7 Å². The summed E-state index contributed by atoms with van der Waals surface area (Å²) in [6, 6.07) is 11.0. The average Bonchev–Trinajstić information content (AvgIpc) is 2.26. The molecular formula is C13H16N4. The van der Waals surface area contributed by atoms with E-state index in [0.717, 1.165) is 11.1 Å². The van der Waals surface area contributed by atoms with Gasteiger partial charge in [0.05, 0.1) is 0 Å². The lowest BCUT2D eigenvalue weighted by Crippen LogP contribution is -2.03. The minimum absolute atomic E-state index is 0.616. The Labute approximate surface area is 100 Å². The Bertz CT molecular complexity index is 529. The molecule has 0 heterocycles. The van der Waals surface area contributed by atoms with Crippen LogP contribution in [-0.4, -0.2) is 0 Å². The van der Waals surface area contributed by atoms with Crippen LogP contribution >= 0.6 is 0 Å². The third-order valence-electron chi connectivity index (χ3n) is 2.79. The zero-order chi connectivity index (χ0) is 12.4. The molecule has 0 aliphatic carbocycles. The summed E-state index contributed by atoms with van der Waals surface area (Å²) in [6.45, 7) is 0. The summed E-state index contributed by atoms with van der Waals surface area (Å²) in [6.07, 6.45) is 0.616. The van der Waals surface area contributed by atoms with Gasteiger partial charge in [-0.3, -0.25) is 0 Å². The molecule has 17 heavy (non-hydrogen) atoms. The normalized spacial score (nSPS) is 10.4. The van der Waals surface area contributed by atoms with E-state index in [2.05, 4.69) is 0 Å². The molecule has 0 fully saturated rings. The molecule has 0 bridgehead atoms. The summed E-state index contributed by atoms with van der Waals surface area (Å²) in [7, 11) is 0. The SMILES string of the molecule is Nc1ccc(Cc2c(N)cccc2N)c(N)c1. The lowest BCUT2D eigenvalue weighted by molar-refractivity contribution is 1.21. The second kappa shape index (κ2) is 4.25. The highest BCUT2D eigenvalue weighted by atomic mass is 14.6. The van der Waals surface area contributed by atoms with Gasteiger partial charge in [-0.05, 0) is 29.8 Å². The lowest BCUT2D eigenvalue weighted by Gasteiger charge is -2.11. The quantitative estimate of drug-likeness (QED) is 0.586. The molecular weight excluding hydrogens is 212 g/mol. The fourth-order valence-corrected chi connectivity index (χ4v) is 1.79. The summed E-state index contributed by atoms with van der Waals surface area (Å²) in [4.78, 5) is 0. The van der Waals surface area contributed by atoms with Crippen molar-refractivity contribution < 1.29 is 0 Å². The molecule has 0 amide bonds. The molecule has 0 saturated carbocycles. The predicted octanol–water partition coefficient (Wildman–Crippen LogP) is 1.61. The molecule has 0 unspecified atom stereocenters. The molecule has 2 aromatic carbocycles.